The van der Waals surface area contributed by atoms with Crippen molar-refractivity contribution in [3.8, 4) is 0 Å². The van der Waals surface area contributed by atoms with E-state index in [-0.39, 0.29) is 6.10 Å². The standard InChI is InChI=1S/C10H11BrO/c1-6-7-3-5-10(12)8(7)2-4-9(6)11/h2,4,10,12H,3,5H2,1H3. The van der Waals surface area contributed by atoms with E-state index in [0.29, 0.717) is 0 Å². The third-order valence-electron chi connectivity index (χ3n) is 2.60. The lowest BCUT2D eigenvalue weighted by Gasteiger charge is -2.07. The van der Waals surface area contributed by atoms with E-state index >= 15 is 0 Å². The van der Waals surface area contributed by atoms with Crippen LogP contribution in [0, 0.1) is 6.92 Å². The average Bonchev–Trinajstić information content (AvgIpc) is 2.41. The Hall–Kier alpha value is -0.340. The number of benzene rings is 1. The molecular weight excluding hydrogens is 216 g/mol. The van der Waals surface area contributed by atoms with Crippen LogP contribution in [0.15, 0.2) is 16.6 Å². The Morgan fingerprint density at radius 1 is 1.50 bits per heavy atom. The molecule has 2 rings (SSSR count). The van der Waals surface area contributed by atoms with Crippen molar-refractivity contribution in [3.05, 3.63) is 33.3 Å². The molecule has 1 nitrogen and oxygen atoms in total. The van der Waals surface area contributed by atoms with Gasteiger partial charge in [-0.3, -0.25) is 0 Å². The predicted molar refractivity (Wildman–Crippen MR) is 52.2 cm³/mol. The van der Waals surface area contributed by atoms with Crippen molar-refractivity contribution in [2.24, 2.45) is 0 Å². The van der Waals surface area contributed by atoms with Gasteiger partial charge in [-0.05, 0) is 42.5 Å². The molecule has 0 saturated heterocycles. The average molecular weight is 227 g/mol. The zero-order valence-electron chi connectivity index (χ0n) is 6.97. The lowest BCUT2D eigenvalue weighted by Crippen LogP contribution is -1.91. The first-order valence-corrected chi connectivity index (χ1v) is 4.95. The van der Waals surface area contributed by atoms with Crippen molar-refractivity contribution in [2.75, 3.05) is 0 Å². The van der Waals surface area contributed by atoms with Crippen LogP contribution in [0.25, 0.3) is 0 Å². The second-order valence-corrected chi connectivity index (χ2v) is 4.15. The highest BCUT2D eigenvalue weighted by Crippen LogP contribution is 2.35. The van der Waals surface area contributed by atoms with Gasteiger partial charge in [-0.15, -0.1) is 0 Å². The summed E-state index contributed by atoms with van der Waals surface area (Å²) < 4.78 is 1.15. The van der Waals surface area contributed by atoms with E-state index in [1.165, 1.54) is 11.1 Å². The summed E-state index contributed by atoms with van der Waals surface area (Å²) in [6.45, 7) is 2.10. The number of aliphatic hydroxyl groups is 1. The minimum Gasteiger partial charge on any atom is -0.388 e. The van der Waals surface area contributed by atoms with Crippen LogP contribution in [-0.4, -0.2) is 5.11 Å². The third-order valence-corrected chi connectivity index (χ3v) is 3.45. The minimum absolute atomic E-state index is 0.230. The maximum absolute atomic E-state index is 9.58. The molecule has 0 heterocycles. The summed E-state index contributed by atoms with van der Waals surface area (Å²) in [6.07, 6.45) is 1.67. The summed E-state index contributed by atoms with van der Waals surface area (Å²) in [7, 11) is 0. The van der Waals surface area contributed by atoms with Crippen LogP contribution >= 0.6 is 15.9 Å². The number of rotatable bonds is 0. The second-order valence-electron chi connectivity index (χ2n) is 3.29. The highest BCUT2D eigenvalue weighted by Gasteiger charge is 2.21. The van der Waals surface area contributed by atoms with Crippen molar-refractivity contribution in [2.45, 2.75) is 25.9 Å². The van der Waals surface area contributed by atoms with Gasteiger partial charge in [-0.1, -0.05) is 22.0 Å². The zero-order chi connectivity index (χ0) is 8.72. The van der Waals surface area contributed by atoms with Crippen LogP contribution < -0.4 is 0 Å². The number of hydrogen-bond donors (Lipinski definition) is 1. The van der Waals surface area contributed by atoms with Gasteiger partial charge in [0.25, 0.3) is 0 Å². The Morgan fingerprint density at radius 2 is 2.25 bits per heavy atom. The molecule has 1 aliphatic rings. The molecule has 1 aromatic rings. The highest BCUT2D eigenvalue weighted by atomic mass is 79.9. The highest BCUT2D eigenvalue weighted by molar-refractivity contribution is 9.10. The molecular formula is C10H11BrO. The summed E-state index contributed by atoms with van der Waals surface area (Å²) in [6, 6.07) is 4.03. The van der Waals surface area contributed by atoms with Crippen LogP contribution in [0.5, 0.6) is 0 Å². The van der Waals surface area contributed by atoms with Gasteiger partial charge in [0.2, 0.25) is 0 Å². The van der Waals surface area contributed by atoms with E-state index in [1.807, 2.05) is 12.1 Å². The SMILES string of the molecule is Cc1c(Br)ccc2c1CCC2O. The van der Waals surface area contributed by atoms with E-state index in [4.69, 9.17) is 0 Å². The summed E-state index contributed by atoms with van der Waals surface area (Å²) in [4.78, 5) is 0. The summed E-state index contributed by atoms with van der Waals surface area (Å²) in [5.41, 5.74) is 3.73. The molecule has 0 amide bonds. The molecule has 0 aliphatic heterocycles. The summed E-state index contributed by atoms with van der Waals surface area (Å²) in [5, 5.41) is 9.58. The molecule has 1 N–H and O–H groups in total. The van der Waals surface area contributed by atoms with Crippen LogP contribution in [0.4, 0.5) is 0 Å². The van der Waals surface area contributed by atoms with Crippen molar-refractivity contribution in [1.29, 1.82) is 0 Å². The van der Waals surface area contributed by atoms with Crippen LogP contribution in [0.2, 0.25) is 0 Å². The quantitative estimate of drug-likeness (QED) is 0.722. The molecule has 0 aromatic heterocycles. The van der Waals surface area contributed by atoms with Gasteiger partial charge in [0, 0.05) is 4.47 Å². The van der Waals surface area contributed by atoms with Gasteiger partial charge in [0.05, 0.1) is 6.10 Å². The molecule has 0 spiro atoms. The monoisotopic (exact) mass is 226 g/mol. The summed E-state index contributed by atoms with van der Waals surface area (Å²) in [5.74, 6) is 0. The third kappa shape index (κ3) is 1.10. The predicted octanol–water partition coefficient (Wildman–Crippen LogP) is 2.74. The smallest absolute Gasteiger partial charge is 0.0796 e. The van der Waals surface area contributed by atoms with Crippen LogP contribution in [-0.2, 0) is 6.42 Å². The van der Waals surface area contributed by atoms with E-state index in [0.717, 1.165) is 22.9 Å². The molecule has 1 aliphatic carbocycles. The molecule has 0 saturated carbocycles. The largest absolute Gasteiger partial charge is 0.388 e. The maximum atomic E-state index is 9.58. The fraction of sp³-hybridized carbons (Fsp3) is 0.400. The Labute approximate surface area is 80.5 Å². The summed E-state index contributed by atoms with van der Waals surface area (Å²) >= 11 is 3.49. The van der Waals surface area contributed by atoms with E-state index in [9.17, 15) is 5.11 Å². The van der Waals surface area contributed by atoms with Gasteiger partial charge >= 0.3 is 0 Å². The molecule has 0 radical (unpaired) electrons. The topological polar surface area (TPSA) is 20.2 Å². The molecule has 0 fully saturated rings. The van der Waals surface area contributed by atoms with Crippen molar-refractivity contribution >= 4 is 15.9 Å². The van der Waals surface area contributed by atoms with E-state index in [2.05, 4.69) is 22.9 Å². The second kappa shape index (κ2) is 2.86. The van der Waals surface area contributed by atoms with Gasteiger partial charge in [0.1, 0.15) is 0 Å². The van der Waals surface area contributed by atoms with Crippen molar-refractivity contribution in [1.82, 2.24) is 0 Å². The van der Waals surface area contributed by atoms with Gasteiger partial charge < -0.3 is 5.11 Å². The molecule has 0 bridgehead atoms. The fourth-order valence-electron chi connectivity index (χ4n) is 1.83. The van der Waals surface area contributed by atoms with Crippen molar-refractivity contribution in [3.63, 3.8) is 0 Å². The Balaban J connectivity index is 2.60. The molecule has 1 atom stereocenters. The lowest BCUT2D eigenvalue weighted by molar-refractivity contribution is 0.180. The maximum Gasteiger partial charge on any atom is 0.0796 e. The minimum atomic E-state index is -0.230. The Bertz CT molecular complexity index is 320. The van der Waals surface area contributed by atoms with E-state index < -0.39 is 0 Å². The first kappa shape index (κ1) is 8.27. The van der Waals surface area contributed by atoms with Gasteiger partial charge in [0.15, 0.2) is 0 Å². The Kier molecular flexibility index (Phi) is 1.97. The normalized spacial score (nSPS) is 21.1. The first-order valence-electron chi connectivity index (χ1n) is 4.16. The number of aliphatic hydroxyl groups excluding tert-OH is 1. The van der Waals surface area contributed by atoms with Crippen LogP contribution in [0.3, 0.4) is 0 Å². The number of fused-ring (bicyclic) bond motifs is 1. The van der Waals surface area contributed by atoms with Gasteiger partial charge in [-0.2, -0.15) is 0 Å². The molecule has 64 valence electrons. The molecule has 12 heavy (non-hydrogen) atoms. The zero-order valence-corrected chi connectivity index (χ0v) is 8.56. The Morgan fingerprint density at radius 3 is 3.00 bits per heavy atom. The van der Waals surface area contributed by atoms with Crippen LogP contribution in [0.1, 0.15) is 29.2 Å². The molecule has 1 unspecified atom stereocenters. The number of hydrogen-bond acceptors (Lipinski definition) is 1. The van der Waals surface area contributed by atoms with Gasteiger partial charge in [-0.25, -0.2) is 0 Å². The van der Waals surface area contributed by atoms with E-state index in [1.54, 1.807) is 0 Å². The number of halogens is 1. The lowest BCUT2D eigenvalue weighted by atomic mass is 10.0. The van der Waals surface area contributed by atoms with Crippen molar-refractivity contribution < 1.29 is 5.11 Å². The molecule has 1 aromatic carbocycles. The first-order chi connectivity index (χ1) is 5.70. The molecule has 2 heteroatoms. The fourth-order valence-corrected chi connectivity index (χ4v) is 2.20.